The van der Waals surface area contributed by atoms with E-state index in [-0.39, 0.29) is 18.8 Å². The number of nitrogens with one attached hydrogen (secondary N) is 1. The molecule has 0 bridgehead atoms. The molecular formula is C24H20FN5O3. The molecule has 2 heterocycles. The molecule has 4 aromatic rings. The lowest BCUT2D eigenvalue weighted by molar-refractivity contribution is 0.0941. The number of carbonyl (C=O) groups excluding carboxylic acids is 1. The largest absolute Gasteiger partial charge is 0.352 e. The van der Waals surface area contributed by atoms with E-state index < -0.39 is 28.7 Å². The summed E-state index contributed by atoms with van der Waals surface area (Å²) in [6.45, 7) is 1.99. The van der Waals surface area contributed by atoms with Crippen LogP contribution in [0.5, 0.6) is 0 Å². The van der Waals surface area contributed by atoms with E-state index in [9.17, 15) is 18.8 Å². The molecule has 1 amide bonds. The average molecular weight is 445 g/mol. The number of nitrogens with zero attached hydrogens (tertiary/aromatic N) is 4. The summed E-state index contributed by atoms with van der Waals surface area (Å²) < 4.78 is 15.6. The molecule has 0 unspecified atom stereocenters. The van der Waals surface area contributed by atoms with Crippen molar-refractivity contribution in [2.45, 2.75) is 20.0 Å². The van der Waals surface area contributed by atoms with Crippen molar-refractivity contribution >= 4 is 5.91 Å². The highest BCUT2D eigenvalue weighted by Crippen LogP contribution is 2.08. The van der Waals surface area contributed by atoms with E-state index in [0.29, 0.717) is 5.56 Å². The molecular weight excluding hydrogens is 425 g/mol. The van der Waals surface area contributed by atoms with Gasteiger partial charge in [-0.1, -0.05) is 35.9 Å². The summed E-state index contributed by atoms with van der Waals surface area (Å²) in [5.74, 6) is -1.33. The first-order valence-corrected chi connectivity index (χ1v) is 10.1. The van der Waals surface area contributed by atoms with E-state index in [1.807, 2.05) is 19.1 Å². The highest BCUT2D eigenvalue weighted by molar-refractivity contribution is 5.91. The van der Waals surface area contributed by atoms with Crippen LogP contribution in [0, 0.1) is 12.7 Å². The molecule has 1 N–H and O–H groups in total. The van der Waals surface area contributed by atoms with Crippen molar-refractivity contribution in [3.8, 4) is 5.69 Å². The lowest BCUT2D eigenvalue weighted by atomic mass is 10.1. The van der Waals surface area contributed by atoms with Crippen molar-refractivity contribution in [2.24, 2.45) is 0 Å². The molecule has 8 nitrogen and oxygen atoms in total. The first kappa shape index (κ1) is 21.8. The van der Waals surface area contributed by atoms with E-state index in [2.05, 4.69) is 15.4 Å². The molecule has 33 heavy (non-hydrogen) atoms. The number of hydrogen-bond acceptors (Lipinski definition) is 5. The summed E-state index contributed by atoms with van der Waals surface area (Å²) in [7, 11) is 0. The Hall–Kier alpha value is -4.40. The molecule has 2 aromatic heterocycles. The highest BCUT2D eigenvalue weighted by atomic mass is 19.1. The van der Waals surface area contributed by atoms with E-state index in [1.54, 1.807) is 36.7 Å². The minimum absolute atomic E-state index is 0.0690. The van der Waals surface area contributed by atoms with Crippen LogP contribution in [0.3, 0.4) is 0 Å². The maximum atomic E-state index is 13.8. The van der Waals surface area contributed by atoms with Crippen LogP contribution in [0.25, 0.3) is 5.69 Å². The summed E-state index contributed by atoms with van der Waals surface area (Å²) >= 11 is 0. The second kappa shape index (κ2) is 9.39. The Labute approximate surface area is 188 Å². The summed E-state index contributed by atoms with van der Waals surface area (Å²) in [4.78, 5) is 43.0. The minimum Gasteiger partial charge on any atom is -0.346 e. The maximum absolute atomic E-state index is 13.8. The molecule has 9 heteroatoms. The second-order valence-electron chi connectivity index (χ2n) is 7.44. The molecule has 4 rings (SSSR count). The number of pyridine rings is 1. The lowest BCUT2D eigenvalue weighted by Crippen LogP contribution is -2.46. The zero-order valence-electron chi connectivity index (χ0n) is 17.7. The number of amides is 1. The van der Waals surface area contributed by atoms with E-state index in [1.165, 1.54) is 18.2 Å². The third kappa shape index (κ3) is 4.93. The standard InChI is InChI=1S/C24H20FN5O3/c1-16-5-7-18(8-6-16)15-29-23(32)21(22(31)27-14-17-9-11-26-12-10-17)28-30(24(29)33)20-4-2-3-19(25)13-20/h2-13H,14-15H2,1H3,(H,27,31). The Kier molecular flexibility index (Phi) is 6.21. The highest BCUT2D eigenvalue weighted by Gasteiger charge is 2.20. The summed E-state index contributed by atoms with van der Waals surface area (Å²) in [5, 5.41) is 6.62. The fraction of sp³-hybridized carbons (Fsp3) is 0.125. The molecule has 0 spiro atoms. The van der Waals surface area contributed by atoms with Crippen molar-refractivity contribution in [1.29, 1.82) is 0 Å². The summed E-state index contributed by atoms with van der Waals surface area (Å²) in [6, 6.07) is 15.9. The molecule has 0 saturated heterocycles. The van der Waals surface area contributed by atoms with E-state index in [0.717, 1.165) is 26.4 Å². The topological polar surface area (TPSA) is 98.9 Å². The van der Waals surface area contributed by atoms with Gasteiger partial charge in [-0.15, -0.1) is 0 Å². The Morgan fingerprint density at radius 2 is 1.73 bits per heavy atom. The van der Waals surface area contributed by atoms with Crippen molar-refractivity contribution in [2.75, 3.05) is 0 Å². The van der Waals surface area contributed by atoms with Crippen molar-refractivity contribution < 1.29 is 9.18 Å². The summed E-state index contributed by atoms with van der Waals surface area (Å²) in [5.41, 5.74) is 0.504. The third-order valence-corrected chi connectivity index (χ3v) is 4.99. The number of carbonyl (C=O) groups is 1. The van der Waals surface area contributed by atoms with Gasteiger partial charge in [-0.25, -0.2) is 9.18 Å². The predicted molar refractivity (Wildman–Crippen MR) is 120 cm³/mol. The fourth-order valence-corrected chi connectivity index (χ4v) is 3.22. The van der Waals surface area contributed by atoms with Crippen LogP contribution in [0.2, 0.25) is 0 Å². The molecule has 0 aliphatic rings. The molecule has 2 aromatic carbocycles. The quantitative estimate of drug-likeness (QED) is 0.491. The number of rotatable bonds is 6. The molecule has 0 aliphatic carbocycles. The number of hydrogen-bond donors (Lipinski definition) is 1. The van der Waals surface area contributed by atoms with Crippen LogP contribution in [0.15, 0.2) is 82.6 Å². The van der Waals surface area contributed by atoms with Gasteiger partial charge in [-0.05, 0) is 48.4 Å². The molecule has 0 radical (unpaired) electrons. The normalized spacial score (nSPS) is 10.7. The maximum Gasteiger partial charge on any atom is 0.352 e. The summed E-state index contributed by atoms with van der Waals surface area (Å²) in [6.07, 6.45) is 3.16. The Morgan fingerprint density at radius 3 is 2.42 bits per heavy atom. The second-order valence-corrected chi connectivity index (χ2v) is 7.44. The van der Waals surface area contributed by atoms with Gasteiger partial charge in [0.2, 0.25) is 5.69 Å². The van der Waals surface area contributed by atoms with Crippen LogP contribution in [-0.4, -0.2) is 25.2 Å². The lowest BCUT2D eigenvalue weighted by Gasteiger charge is -2.12. The predicted octanol–water partition coefficient (Wildman–Crippen LogP) is 2.22. The van der Waals surface area contributed by atoms with Crippen LogP contribution in [0.4, 0.5) is 4.39 Å². The number of benzene rings is 2. The van der Waals surface area contributed by atoms with Gasteiger partial charge in [0.05, 0.1) is 12.2 Å². The van der Waals surface area contributed by atoms with E-state index >= 15 is 0 Å². The zero-order chi connectivity index (χ0) is 23.4. The SMILES string of the molecule is Cc1ccc(Cn2c(=O)c(C(=O)NCc3ccncc3)nn(-c3cccc(F)c3)c2=O)cc1. The van der Waals surface area contributed by atoms with Crippen molar-refractivity contribution in [1.82, 2.24) is 24.6 Å². The van der Waals surface area contributed by atoms with Crippen LogP contribution >= 0.6 is 0 Å². The Balaban J connectivity index is 1.78. The molecule has 0 fully saturated rings. The van der Waals surface area contributed by atoms with Crippen LogP contribution < -0.4 is 16.6 Å². The van der Waals surface area contributed by atoms with E-state index in [4.69, 9.17) is 0 Å². The van der Waals surface area contributed by atoms with Gasteiger partial charge in [-0.2, -0.15) is 9.78 Å². The average Bonchev–Trinajstić information content (AvgIpc) is 2.82. The molecule has 0 atom stereocenters. The minimum atomic E-state index is -0.833. The fourth-order valence-electron chi connectivity index (χ4n) is 3.22. The third-order valence-electron chi connectivity index (χ3n) is 4.99. The van der Waals surface area contributed by atoms with Gasteiger partial charge >= 0.3 is 5.69 Å². The molecule has 0 aliphatic heterocycles. The number of halogens is 1. The monoisotopic (exact) mass is 445 g/mol. The van der Waals surface area contributed by atoms with Gasteiger partial charge in [-0.3, -0.25) is 19.1 Å². The first-order chi connectivity index (χ1) is 15.9. The zero-order valence-corrected chi connectivity index (χ0v) is 17.7. The van der Waals surface area contributed by atoms with Gasteiger partial charge in [0.1, 0.15) is 5.82 Å². The molecule has 166 valence electrons. The molecule has 0 saturated carbocycles. The van der Waals surface area contributed by atoms with Gasteiger partial charge in [0.25, 0.3) is 11.5 Å². The Bertz CT molecular complexity index is 1410. The van der Waals surface area contributed by atoms with Gasteiger partial charge in [0, 0.05) is 18.9 Å². The smallest absolute Gasteiger partial charge is 0.346 e. The van der Waals surface area contributed by atoms with Crippen molar-refractivity contribution in [3.05, 3.63) is 122 Å². The number of aromatic nitrogens is 4. The number of aryl methyl sites for hydroxylation is 1. The van der Waals surface area contributed by atoms with Crippen LogP contribution in [0.1, 0.15) is 27.2 Å². The van der Waals surface area contributed by atoms with Gasteiger partial charge in [0.15, 0.2) is 0 Å². The first-order valence-electron chi connectivity index (χ1n) is 10.1. The van der Waals surface area contributed by atoms with Crippen molar-refractivity contribution in [3.63, 3.8) is 0 Å². The van der Waals surface area contributed by atoms with Gasteiger partial charge < -0.3 is 5.32 Å². The Morgan fingerprint density at radius 1 is 1.00 bits per heavy atom. The van der Waals surface area contributed by atoms with Crippen LogP contribution in [-0.2, 0) is 13.1 Å².